The molecule has 0 radical (unpaired) electrons. The van der Waals surface area contributed by atoms with Crippen LogP contribution in [0, 0.1) is 0 Å². The maximum Gasteiger partial charge on any atom is 0.119 e. The lowest BCUT2D eigenvalue weighted by Gasteiger charge is -2.13. The number of unbranched alkanes of at least 4 members (excludes halogenated alkanes) is 4. The molecule has 0 spiro atoms. The Morgan fingerprint density at radius 3 is 2.44 bits per heavy atom. The van der Waals surface area contributed by atoms with Crippen LogP contribution in [0.4, 0.5) is 0 Å². The maximum absolute atomic E-state index is 9.88. The van der Waals surface area contributed by atoms with Gasteiger partial charge in [0, 0.05) is 0 Å². The number of hydrogen-bond acceptors (Lipinski definition) is 1. The van der Waals surface area contributed by atoms with E-state index in [1.54, 1.807) is 0 Å². The topological polar surface area (TPSA) is 20.2 Å². The number of benzene rings is 1. The summed E-state index contributed by atoms with van der Waals surface area (Å²) in [5, 5.41) is 9.88. The highest BCUT2D eigenvalue weighted by Crippen LogP contribution is 2.29. The summed E-state index contributed by atoms with van der Waals surface area (Å²) in [6, 6.07) is 6.13. The average Bonchev–Trinajstić information content (AvgIpc) is 2.39. The van der Waals surface area contributed by atoms with Gasteiger partial charge in [-0.05, 0) is 42.4 Å². The fourth-order valence-corrected chi connectivity index (χ4v) is 2.31. The van der Waals surface area contributed by atoms with Crippen LogP contribution < -0.4 is 0 Å². The fourth-order valence-electron chi connectivity index (χ4n) is 2.31. The first-order chi connectivity index (χ1) is 8.69. The normalized spacial score (nSPS) is 12.6. The molecule has 1 N–H and O–H groups in total. The average molecular weight is 248 g/mol. The molecule has 1 aromatic rings. The van der Waals surface area contributed by atoms with Gasteiger partial charge >= 0.3 is 0 Å². The summed E-state index contributed by atoms with van der Waals surface area (Å²) in [5.74, 6) is 0.907. The monoisotopic (exact) mass is 248 g/mol. The van der Waals surface area contributed by atoms with Gasteiger partial charge in [-0.1, -0.05) is 58.6 Å². The highest BCUT2D eigenvalue weighted by molar-refractivity contribution is 5.38. The van der Waals surface area contributed by atoms with Crippen LogP contribution in [0.15, 0.2) is 18.2 Å². The van der Waals surface area contributed by atoms with Crippen molar-refractivity contribution in [3.8, 4) is 5.75 Å². The Balaban J connectivity index is 2.51. The minimum absolute atomic E-state index is 0.449. The Morgan fingerprint density at radius 1 is 1.06 bits per heavy atom. The molecule has 1 heteroatoms. The van der Waals surface area contributed by atoms with E-state index in [0.29, 0.717) is 11.7 Å². The second-order valence-corrected chi connectivity index (χ2v) is 5.37. The van der Waals surface area contributed by atoms with E-state index < -0.39 is 0 Å². The molecule has 102 valence electrons. The van der Waals surface area contributed by atoms with Gasteiger partial charge in [0.1, 0.15) is 5.75 Å². The van der Waals surface area contributed by atoms with Crippen LogP contribution in [-0.4, -0.2) is 5.11 Å². The Kier molecular flexibility index (Phi) is 6.85. The van der Waals surface area contributed by atoms with Gasteiger partial charge in [-0.3, -0.25) is 0 Å². The summed E-state index contributed by atoms with van der Waals surface area (Å²) in [7, 11) is 0. The number of phenols is 1. The van der Waals surface area contributed by atoms with Gasteiger partial charge in [-0.25, -0.2) is 0 Å². The first-order valence-corrected chi connectivity index (χ1v) is 7.50. The van der Waals surface area contributed by atoms with Crippen molar-refractivity contribution in [3.63, 3.8) is 0 Å². The molecule has 0 fully saturated rings. The molecule has 0 saturated carbocycles. The Labute approximate surface area is 112 Å². The van der Waals surface area contributed by atoms with Crippen molar-refractivity contribution in [2.24, 2.45) is 0 Å². The van der Waals surface area contributed by atoms with E-state index in [1.165, 1.54) is 37.7 Å². The zero-order chi connectivity index (χ0) is 13.4. The molecule has 0 saturated heterocycles. The molecular formula is C17H28O. The van der Waals surface area contributed by atoms with Crippen LogP contribution in [0.2, 0.25) is 0 Å². The third-order valence-corrected chi connectivity index (χ3v) is 3.80. The van der Waals surface area contributed by atoms with Crippen LogP contribution in [0.1, 0.15) is 76.3 Å². The predicted octanol–water partition coefficient (Wildman–Crippen LogP) is 5.42. The van der Waals surface area contributed by atoms with Gasteiger partial charge in [0.05, 0.1) is 0 Å². The quantitative estimate of drug-likeness (QED) is 0.609. The summed E-state index contributed by atoms with van der Waals surface area (Å²) in [6.07, 6.45) is 8.83. The van der Waals surface area contributed by atoms with Gasteiger partial charge < -0.3 is 5.11 Å². The molecule has 1 atom stereocenters. The van der Waals surface area contributed by atoms with Crippen LogP contribution >= 0.6 is 0 Å². The van der Waals surface area contributed by atoms with E-state index in [-0.39, 0.29) is 0 Å². The van der Waals surface area contributed by atoms with Crippen molar-refractivity contribution < 1.29 is 5.11 Å². The zero-order valence-electron chi connectivity index (χ0n) is 12.2. The second kappa shape index (κ2) is 8.18. The lowest BCUT2D eigenvalue weighted by molar-refractivity contribution is 0.461. The van der Waals surface area contributed by atoms with Gasteiger partial charge in [-0.2, -0.15) is 0 Å². The molecule has 0 aliphatic heterocycles. The Hall–Kier alpha value is -0.980. The molecule has 0 bridgehead atoms. The van der Waals surface area contributed by atoms with Crippen LogP contribution in [0.5, 0.6) is 5.75 Å². The van der Waals surface area contributed by atoms with E-state index in [9.17, 15) is 5.11 Å². The second-order valence-electron chi connectivity index (χ2n) is 5.37. The van der Waals surface area contributed by atoms with E-state index in [2.05, 4.69) is 32.9 Å². The van der Waals surface area contributed by atoms with E-state index >= 15 is 0 Å². The zero-order valence-corrected chi connectivity index (χ0v) is 12.2. The molecule has 1 rings (SSSR count). The first kappa shape index (κ1) is 15.1. The number of phenolic OH excluding ortho intramolecular Hbond substituents is 1. The maximum atomic E-state index is 9.88. The Bertz CT molecular complexity index is 343. The van der Waals surface area contributed by atoms with Crippen LogP contribution in [-0.2, 0) is 6.42 Å². The minimum atomic E-state index is 0.449. The smallest absolute Gasteiger partial charge is 0.119 e. The summed E-state index contributed by atoms with van der Waals surface area (Å²) in [4.78, 5) is 0. The first-order valence-electron chi connectivity index (χ1n) is 7.50. The lowest BCUT2D eigenvalue weighted by Crippen LogP contribution is -1.95. The molecule has 1 unspecified atom stereocenters. The number of rotatable bonds is 8. The molecular weight excluding hydrogens is 220 g/mol. The minimum Gasteiger partial charge on any atom is -0.508 e. The van der Waals surface area contributed by atoms with Gasteiger partial charge in [0.2, 0.25) is 0 Å². The largest absolute Gasteiger partial charge is 0.508 e. The van der Waals surface area contributed by atoms with Crippen LogP contribution in [0.3, 0.4) is 0 Å². The molecule has 18 heavy (non-hydrogen) atoms. The van der Waals surface area contributed by atoms with E-state index in [1.807, 2.05) is 6.07 Å². The molecule has 0 heterocycles. The number of aromatic hydroxyl groups is 1. The van der Waals surface area contributed by atoms with Crippen molar-refractivity contribution in [2.75, 3.05) is 0 Å². The SMILES string of the molecule is CCCCCCCc1ccc(O)c(C(C)CC)c1. The molecule has 0 aliphatic carbocycles. The van der Waals surface area contributed by atoms with E-state index in [0.717, 1.165) is 18.4 Å². The number of aryl methyl sites for hydroxylation is 1. The molecule has 0 amide bonds. The van der Waals surface area contributed by atoms with Gasteiger partial charge in [0.25, 0.3) is 0 Å². The van der Waals surface area contributed by atoms with Gasteiger partial charge in [0.15, 0.2) is 0 Å². The summed E-state index contributed by atoms with van der Waals surface area (Å²) >= 11 is 0. The lowest BCUT2D eigenvalue weighted by atomic mass is 9.94. The highest BCUT2D eigenvalue weighted by atomic mass is 16.3. The third-order valence-electron chi connectivity index (χ3n) is 3.80. The van der Waals surface area contributed by atoms with Gasteiger partial charge in [-0.15, -0.1) is 0 Å². The Morgan fingerprint density at radius 2 is 1.78 bits per heavy atom. The summed E-state index contributed by atoms with van der Waals surface area (Å²) < 4.78 is 0. The fraction of sp³-hybridized carbons (Fsp3) is 0.647. The van der Waals surface area contributed by atoms with E-state index in [4.69, 9.17) is 0 Å². The molecule has 1 aromatic carbocycles. The molecule has 0 aromatic heterocycles. The summed E-state index contributed by atoms with van der Waals surface area (Å²) in [5.41, 5.74) is 2.49. The molecule has 1 nitrogen and oxygen atoms in total. The highest BCUT2D eigenvalue weighted by Gasteiger charge is 2.09. The van der Waals surface area contributed by atoms with Crippen molar-refractivity contribution in [2.45, 2.75) is 71.6 Å². The third kappa shape index (κ3) is 4.72. The van der Waals surface area contributed by atoms with Crippen molar-refractivity contribution in [1.29, 1.82) is 0 Å². The predicted molar refractivity (Wildman–Crippen MR) is 79.3 cm³/mol. The summed E-state index contributed by atoms with van der Waals surface area (Å²) in [6.45, 7) is 6.60. The van der Waals surface area contributed by atoms with Crippen molar-refractivity contribution in [1.82, 2.24) is 0 Å². The van der Waals surface area contributed by atoms with Crippen molar-refractivity contribution in [3.05, 3.63) is 29.3 Å². The molecule has 0 aliphatic rings. The van der Waals surface area contributed by atoms with Crippen molar-refractivity contribution >= 4 is 0 Å². The van der Waals surface area contributed by atoms with Crippen LogP contribution in [0.25, 0.3) is 0 Å². The number of hydrogen-bond donors (Lipinski definition) is 1. The standard InChI is InChI=1S/C17H28O/c1-4-6-7-8-9-10-15-11-12-17(18)16(13-15)14(3)5-2/h11-14,18H,4-10H2,1-3H3.